The summed E-state index contributed by atoms with van der Waals surface area (Å²) in [6, 6.07) is 8.12. The zero-order valence-electron chi connectivity index (χ0n) is 8.75. The Morgan fingerprint density at radius 2 is 1.78 bits per heavy atom. The van der Waals surface area contributed by atoms with Crippen molar-refractivity contribution in [3.05, 3.63) is 50.9 Å². The fourth-order valence-electron chi connectivity index (χ4n) is 1.38. The van der Waals surface area contributed by atoms with Crippen LogP contribution in [0.25, 0.3) is 11.4 Å². The van der Waals surface area contributed by atoms with Gasteiger partial charge in [-0.15, -0.1) is 0 Å². The Morgan fingerprint density at radius 1 is 1.17 bits per heavy atom. The molecule has 1 heterocycles. The maximum Gasteiger partial charge on any atom is 0.434 e. The number of hydrogen-bond acceptors (Lipinski definition) is 2. The Kier molecular flexibility index (Phi) is 3.25. The lowest BCUT2D eigenvalue weighted by Crippen LogP contribution is -2.19. The van der Waals surface area contributed by atoms with E-state index < -0.39 is 21.9 Å². The largest absolute Gasteiger partial charge is 0.434 e. The van der Waals surface area contributed by atoms with Crippen LogP contribution in [0.2, 0.25) is 0 Å². The van der Waals surface area contributed by atoms with Gasteiger partial charge in [0.15, 0.2) is 5.69 Å². The zero-order chi connectivity index (χ0) is 13.3. The second kappa shape index (κ2) is 4.56. The van der Waals surface area contributed by atoms with Crippen LogP contribution >= 0.6 is 15.9 Å². The molecule has 0 aliphatic rings. The molecule has 0 atom stereocenters. The van der Waals surface area contributed by atoms with Crippen molar-refractivity contribution in [2.75, 3.05) is 0 Å². The molecule has 3 nitrogen and oxygen atoms in total. The predicted octanol–water partition coefficient (Wildman–Crippen LogP) is 3.22. The highest BCUT2D eigenvalue weighted by Crippen LogP contribution is 2.32. The molecule has 2 rings (SSSR count). The van der Waals surface area contributed by atoms with Crippen molar-refractivity contribution in [1.29, 1.82) is 0 Å². The number of aromatic nitrogens is 2. The summed E-state index contributed by atoms with van der Waals surface area (Å²) in [5.74, 6) is -0.115. The first-order valence-corrected chi connectivity index (χ1v) is 5.61. The highest BCUT2D eigenvalue weighted by atomic mass is 79.9. The number of alkyl halides is 3. The second-order valence-electron chi connectivity index (χ2n) is 3.44. The van der Waals surface area contributed by atoms with Crippen LogP contribution in [0, 0.1) is 0 Å². The van der Waals surface area contributed by atoms with Crippen LogP contribution in [0.3, 0.4) is 0 Å². The lowest BCUT2D eigenvalue weighted by molar-refractivity contribution is -0.141. The van der Waals surface area contributed by atoms with E-state index in [1.54, 1.807) is 30.3 Å². The first kappa shape index (κ1) is 12.8. The van der Waals surface area contributed by atoms with Gasteiger partial charge in [-0.3, -0.25) is 4.79 Å². The summed E-state index contributed by atoms with van der Waals surface area (Å²) in [7, 11) is 0. The van der Waals surface area contributed by atoms with Crippen LogP contribution in [-0.4, -0.2) is 9.97 Å². The maximum absolute atomic E-state index is 12.7. The molecule has 0 aliphatic carbocycles. The minimum absolute atomic E-state index is 0.115. The fourth-order valence-corrected chi connectivity index (χ4v) is 1.79. The third kappa shape index (κ3) is 2.45. The number of nitrogens with zero attached hydrogens (tertiary/aromatic N) is 1. The van der Waals surface area contributed by atoms with Gasteiger partial charge < -0.3 is 4.98 Å². The number of halogens is 4. The predicted molar refractivity (Wildman–Crippen MR) is 63.0 cm³/mol. The van der Waals surface area contributed by atoms with Gasteiger partial charge >= 0.3 is 6.18 Å². The van der Waals surface area contributed by atoms with E-state index in [1.807, 2.05) is 0 Å². The van der Waals surface area contributed by atoms with Gasteiger partial charge in [-0.05, 0) is 15.9 Å². The van der Waals surface area contributed by atoms with Crippen molar-refractivity contribution in [2.45, 2.75) is 6.18 Å². The smallest absolute Gasteiger partial charge is 0.306 e. The zero-order valence-corrected chi connectivity index (χ0v) is 10.3. The number of H-pyrrole nitrogens is 1. The van der Waals surface area contributed by atoms with Crippen molar-refractivity contribution in [3.8, 4) is 11.4 Å². The SMILES string of the molecule is O=c1[nH]c(-c2ccccc2)nc(C(F)(F)F)c1Br. The van der Waals surface area contributed by atoms with Gasteiger partial charge in [0.2, 0.25) is 0 Å². The molecule has 2 aromatic rings. The molecule has 94 valence electrons. The summed E-state index contributed by atoms with van der Waals surface area (Å²) in [5.41, 5.74) is -1.69. The van der Waals surface area contributed by atoms with Crippen LogP contribution in [0.1, 0.15) is 5.69 Å². The van der Waals surface area contributed by atoms with Gasteiger partial charge in [0.1, 0.15) is 10.3 Å². The number of rotatable bonds is 1. The Bertz CT molecular complexity index is 622. The summed E-state index contributed by atoms with van der Waals surface area (Å²) in [5, 5.41) is 0. The molecule has 18 heavy (non-hydrogen) atoms. The van der Waals surface area contributed by atoms with Crippen molar-refractivity contribution >= 4 is 15.9 Å². The molecule has 0 saturated heterocycles. The first-order chi connectivity index (χ1) is 8.39. The molecular weight excluding hydrogens is 313 g/mol. The molecule has 0 unspecified atom stereocenters. The summed E-state index contributed by atoms with van der Waals surface area (Å²) < 4.78 is 37.4. The van der Waals surface area contributed by atoms with E-state index in [0.717, 1.165) is 0 Å². The number of hydrogen-bond donors (Lipinski definition) is 1. The fraction of sp³-hybridized carbons (Fsp3) is 0.0909. The Morgan fingerprint density at radius 3 is 2.33 bits per heavy atom. The van der Waals surface area contributed by atoms with Gasteiger partial charge in [-0.2, -0.15) is 13.2 Å². The monoisotopic (exact) mass is 318 g/mol. The minimum atomic E-state index is -4.68. The Balaban J connectivity index is 2.66. The van der Waals surface area contributed by atoms with Crippen molar-refractivity contribution in [1.82, 2.24) is 9.97 Å². The summed E-state index contributed by atoms with van der Waals surface area (Å²) in [6.45, 7) is 0. The highest BCUT2D eigenvalue weighted by molar-refractivity contribution is 9.10. The van der Waals surface area contributed by atoms with Crippen molar-refractivity contribution in [2.24, 2.45) is 0 Å². The third-order valence-electron chi connectivity index (χ3n) is 2.18. The first-order valence-electron chi connectivity index (χ1n) is 4.82. The molecule has 0 radical (unpaired) electrons. The van der Waals surface area contributed by atoms with Crippen LogP contribution in [-0.2, 0) is 6.18 Å². The molecule has 0 aliphatic heterocycles. The van der Waals surface area contributed by atoms with E-state index in [2.05, 4.69) is 25.9 Å². The Hall–Kier alpha value is -1.63. The summed E-state index contributed by atoms with van der Waals surface area (Å²) in [4.78, 5) is 17.2. The van der Waals surface area contributed by atoms with E-state index >= 15 is 0 Å². The maximum atomic E-state index is 12.7. The molecule has 1 aromatic heterocycles. The van der Waals surface area contributed by atoms with Gasteiger partial charge in [-0.1, -0.05) is 30.3 Å². The summed E-state index contributed by atoms with van der Waals surface area (Å²) >= 11 is 2.60. The van der Waals surface area contributed by atoms with E-state index in [0.29, 0.717) is 5.56 Å². The molecule has 0 amide bonds. The Labute approximate surface area is 108 Å². The van der Waals surface area contributed by atoms with Crippen molar-refractivity contribution in [3.63, 3.8) is 0 Å². The molecule has 7 heteroatoms. The lowest BCUT2D eigenvalue weighted by atomic mass is 10.2. The molecule has 0 spiro atoms. The molecular formula is C11H6BrF3N2O. The average Bonchev–Trinajstić information content (AvgIpc) is 2.32. The van der Waals surface area contributed by atoms with Gasteiger partial charge in [0, 0.05) is 5.56 Å². The third-order valence-corrected chi connectivity index (χ3v) is 2.91. The van der Waals surface area contributed by atoms with Gasteiger partial charge in [0.05, 0.1) is 0 Å². The van der Waals surface area contributed by atoms with Gasteiger partial charge in [-0.25, -0.2) is 4.98 Å². The van der Waals surface area contributed by atoms with E-state index in [4.69, 9.17) is 0 Å². The van der Waals surface area contributed by atoms with Gasteiger partial charge in [0.25, 0.3) is 5.56 Å². The molecule has 0 bridgehead atoms. The lowest BCUT2D eigenvalue weighted by Gasteiger charge is -2.09. The molecule has 0 fully saturated rings. The minimum Gasteiger partial charge on any atom is -0.306 e. The highest BCUT2D eigenvalue weighted by Gasteiger charge is 2.36. The number of benzene rings is 1. The van der Waals surface area contributed by atoms with E-state index in [9.17, 15) is 18.0 Å². The summed E-state index contributed by atoms with van der Waals surface area (Å²) in [6.07, 6.45) is -4.68. The number of aromatic amines is 1. The van der Waals surface area contributed by atoms with E-state index in [1.165, 1.54) is 0 Å². The molecule has 1 aromatic carbocycles. The molecule has 1 N–H and O–H groups in total. The topological polar surface area (TPSA) is 45.8 Å². The molecule has 0 saturated carbocycles. The second-order valence-corrected chi connectivity index (χ2v) is 4.23. The van der Waals surface area contributed by atoms with Crippen LogP contribution < -0.4 is 5.56 Å². The van der Waals surface area contributed by atoms with Crippen LogP contribution in [0.4, 0.5) is 13.2 Å². The van der Waals surface area contributed by atoms with Crippen molar-refractivity contribution < 1.29 is 13.2 Å². The normalized spacial score (nSPS) is 11.6. The van der Waals surface area contributed by atoms with Crippen LogP contribution in [0.5, 0.6) is 0 Å². The quantitative estimate of drug-likeness (QED) is 0.877. The van der Waals surface area contributed by atoms with Crippen LogP contribution in [0.15, 0.2) is 39.6 Å². The van der Waals surface area contributed by atoms with E-state index in [-0.39, 0.29) is 5.82 Å². The number of nitrogens with one attached hydrogen (secondary N) is 1. The average molecular weight is 319 g/mol. The standard InChI is InChI=1S/C11H6BrF3N2O/c12-7-8(11(13,14)15)16-9(17-10(7)18)6-4-2-1-3-5-6/h1-5H,(H,16,17,18).